The molecule has 3 nitrogen and oxygen atoms in total. The first-order valence-corrected chi connectivity index (χ1v) is 6.04. The largest absolute Gasteiger partial charge is 0.328 e. The predicted molar refractivity (Wildman–Crippen MR) is 62.2 cm³/mol. The summed E-state index contributed by atoms with van der Waals surface area (Å²) in [5, 5.41) is 5.14. The van der Waals surface area contributed by atoms with Crippen LogP contribution >= 0.6 is 11.6 Å². The van der Waals surface area contributed by atoms with Crippen LogP contribution in [0.5, 0.6) is 0 Å². The Morgan fingerprint density at radius 1 is 1.60 bits per heavy atom. The van der Waals surface area contributed by atoms with Crippen molar-refractivity contribution in [2.45, 2.75) is 44.6 Å². The molecule has 0 bridgehead atoms. The van der Waals surface area contributed by atoms with E-state index in [1.807, 2.05) is 4.68 Å². The van der Waals surface area contributed by atoms with E-state index in [1.165, 1.54) is 31.4 Å². The van der Waals surface area contributed by atoms with Crippen molar-refractivity contribution >= 4 is 11.6 Å². The average molecular weight is 228 g/mol. The lowest BCUT2D eigenvalue weighted by Crippen LogP contribution is -2.20. The second kappa shape index (κ2) is 4.54. The van der Waals surface area contributed by atoms with Crippen molar-refractivity contribution in [2.75, 3.05) is 6.54 Å². The number of rotatable bonds is 3. The van der Waals surface area contributed by atoms with E-state index in [2.05, 4.69) is 12.0 Å². The van der Waals surface area contributed by atoms with Gasteiger partial charge in [-0.1, -0.05) is 24.4 Å². The van der Waals surface area contributed by atoms with Gasteiger partial charge >= 0.3 is 0 Å². The zero-order valence-electron chi connectivity index (χ0n) is 9.12. The maximum Gasteiger partial charge on any atom is 0.0820 e. The predicted octanol–water partition coefficient (Wildman–Crippen LogP) is 2.71. The van der Waals surface area contributed by atoms with E-state index >= 15 is 0 Å². The highest BCUT2D eigenvalue weighted by molar-refractivity contribution is 6.31. The molecule has 15 heavy (non-hydrogen) atoms. The molecule has 1 aliphatic rings. The van der Waals surface area contributed by atoms with Crippen LogP contribution in [0, 0.1) is 0 Å². The van der Waals surface area contributed by atoms with Crippen molar-refractivity contribution in [2.24, 2.45) is 5.73 Å². The molecular weight excluding hydrogens is 210 g/mol. The van der Waals surface area contributed by atoms with Crippen molar-refractivity contribution in [3.05, 3.63) is 16.9 Å². The van der Waals surface area contributed by atoms with Crippen LogP contribution in [0.2, 0.25) is 5.02 Å². The Hall–Kier alpha value is -0.540. The van der Waals surface area contributed by atoms with E-state index < -0.39 is 0 Å². The van der Waals surface area contributed by atoms with E-state index in [1.54, 1.807) is 6.20 Å². The van der Waals surface area contributed by atoms with Crippen LogP contribution in [0.1, 0.15) is 50.3 Å². The van der Waals surface area contributed by atoms with Gasteiger partial charge in [0.25, 0.3) is 0 Å². The number of halogens is 1. The summed E-state index contributed by atoms with van der Waals surface area (Å²) in [4.78, 5) is 0. The molecule has 1 fully saturated rings. The van der Waals surface area contributed by atoms with Crippen LogP contribution in [-0.4, -0.2) is 16.3 Å². The monoisotopic (exact) mass is 227 g/mol. The van der Waals surface area contributed by atoms with Crippen LogP contribution in [0.25, 0.3) is 0 Å². The maximum absolute atomic E-state index is 6.20. The Labute approximate surface area is 95.6 Å². The molecule has 4 heteroatoms. The Morgan fingerprint density at radius 2 is 2.27 bits per heavy atom. The zero-order valence-corrected chi connectivity index (χ0v) is 9.87. The average Bonchev–Trinajstić information content (AvgIpc) is 2.85. The molecule has 2 N–H and O–H groups in total. The first kappa shape index (κ1) is 11.0. The summed E-state index contributed by atoms with van der Waals surface area (Å²) in [7, 11) is 0. The Kier molecular flexibility index (Phi) is 3.32. The molecule has 0 radical (unpaired) electrons. The molecule has 0 amide bonds. The van der Waals surface area contributed by atoms with Crippen LogP contribution in [-0.2, 0) is 0 Å². The van der Waals surface area contributed by atoms with Crippen LogP contribution in [0.4, 0.5) is 0 Å². The number of hydrogen-bond donors (Lipinski definition) is 1. The fourth-order valence-corrected chi connectivity index (χ4v) is 2.67. The standard InChI is InChI=1S/C11H18ClN3/c1-8(6-13)15-11(10(12)7-14-15)9-4-2-3-5-9/h7-9H,2-6,13H2,1H3. The summed E-state index contributed by atoms with van der Waals surface area (Å²) in [5.41, 5.74) is 6.88. The lowest BCUT2D eigenvalue weighted by atomic mass is 10.0. The second-order valence-electron chi connectivity index (χ2n) is 4.39. The molecule has 2 rings (SSSR count). The summed E-state index contributed by atoms with van der Waals surface area (Å²) >= 11 is 6.20. The molecule has 84 valence electrons. The topological polar surface area (TPSA) is 43.8 Å². The lowest BCUT2D eigenvalue weighted by Gasteiger charge is -2.17. The lowest BCUT2D eigenvalue weighted by molar-refractivity contribution is 0.462. The van der Waals surface area contributed by atoms with Gasteiger partial charge in [-0.2, -0.15) is 5.10 Å². The summed E-state index contributed by atoms with van der Waals surface area (Å²) in [6, 6.07) is 0.244. The van der Waals surface area contributed by atoms with Crippen molar-refractivity contribution in [3.63, 3.8) is 0 Å². The van der Waals surface area contributed by atoms with Gasteiger partial charge in [-0.25, -0.2) is 0 Å². The Balaban J connectivity index is 2.30. The van der Waals surface area contributed by atoms with Gasteiger partial charge < -0.3 is 5.73 Å². The van der Waals surface area contributed by atoms with Gasteiger partial charge in [0.2, 0.25) is 0 Å². The van der Waals surface area contributed by atoms with E-state index in [4.69, 9.17) is 17.3 Å². The van der Waals surface area contributed by atoms with E-state index in [9.17, 15) is 0 Å². The van der Waals surface area contributed by atoms with E-state index in [0.29, 0.717) is 12.5 Å². The maximum atomic E-state index is 6.20. The first-order valence-electron chi connectivity index (χ1n) is 5.67. The number of nitrogens with two attached hydrogens (primary N) is 1. The minimum atomic E-state index is 0.244. The molecule has 0 spiro atoms. The second-order valence-corrected chi connectivity index (χ2v) is 4.80. The van der Waals surface area contributed by atoms with Crippen molar-refractivity contribution in [1.29, 1.82) is 0 Å². The van der Waals surface area contributed by atoms with Gasteiger partial charge in [0, 0.05) is 12.5 Å². The van der Waals surface area contributed by atoms with Crippen LogP contribution < -0.4 is 5.73 Å². The molecule has 0 aromatic carbocycles. The zero-order chi connectivity index (χ0) is 10.8. The highest BCUT2D eigenvalue weighted by atomic mass is 35.5. The molecule has 1 aromatic heterocycles. The third-order valence-corrected chi connectivity index (χ3v) is 3.58. The Morgan fingerprint density at radius 3 is 2.87 bits per heavy atom. The van der Waals surface area contributed by atoms with Gasteiger partial charge in [0.1, 0.15) is 0 Å². The molecule has 1 unspecified atom stereocenters. The number of hydrogen-bond acceptors (Lipinski definition) is 2. The first-order chi connectivity index (χ1) is 7.24. The van der Waals surface area contributed by atoms with Crippen molar-refractivity contribution in [3.8, 4) is 0 Å². The number of nitrogens with zero attached hydrogens (tertiary/aromatic N) is 2. The molecule has 0 saturated heterocycles. The van der Waals surface area contributed by atoms with Gasteiger partial charge in [-0.3, -0.25) is 4.68 Å². The quantitative estimate of drug-likeness (QED) is 0.863. The van der Waals surface area contributed by atoms with Crippen molar-refractivity contribution in [1.82, 2.24) is 9.78 Å². The number of aromatic nitrogens is 2. The van der Waals surface area contributed by atoms with Gasteiger partial charge in [0.15, 0.2) is 0 Å². The fraction of sp³-hybridized carbons (Fsp3) is 0.727. The van der Waals surface area contributed by atoms with E-state index in [0.717, 1.165) is 5.02 Å². The third kappa shape index (κ3) is 2.04. The van der Waals surface area contributed by atoms with Crippen LogP contribution in [0.15, 0.2) is 6.20 Å². The molecule has 0 aliphatic heterocycles. The summed E-state index contributed by atoms with van der Waals surface area (Å²) in [6.07, 6.45) is 6.85. The van der Waals surface area contributed by atoms with Gasteiger partial charge in [-0.05, 0) is 19.8 Å². The summed E-state index contributed by atoms with van der Waals surface area (Å²) < 4.78 is 2.01. The third-order valence-electron chi connectivity index (χ3n) is 3.29. The minimum Gasteiger partial charge on any atom is -0.328 e. The molecule has 1 heterocycles. The van der Waals surface area contributed by atoms with Gasteiger partial charge in [-0.15, -0.1) is 0 Å². The van der Waals surface area contributed by atoms with Crippen molar-refractivity contribution < 1.29 is 0 Å². The molecule has 1 atom stereocenters. The molecule has 1 aliphatic carbocycles. The summed E-state index contributed by atoms with van der Waals surface area (Å²) in [5.74, 6) is 0.592. The van der Waals surface area contributed by atoms with E-state index in [-0.39, 0.29) is 6.04 Å². The molecule has 1 aromatic rings. The SMILES string of the molecule is CC(CN)n1ncc(Cl)c1C1CCCC1. The minimum absolute atomic E-state index is 0.244. The molecule has 1 saturated carbocycles. The Bertz CT molecular complexity index is 329. The smallest absolute Gasteiger partial charge is 0.0820 e. The highest BCUT2D eigenvalue weighted by Crippen LogP contribution is 2.38. The normalized spacial score (nSPS) is 19.7. The summed E-state index contributed by atoms with van der Waals surface area (Å²) in [6.45, 7) is 2.69. The highest BCUT2D eigenvalue weighted by Gasteiger charge is 2.25. The molecular formula is C11H18ClN3. The van der Waals surface area contributed by atoms with Crippen LogP contribution in [0.3, 0.4) is 0 Å². The fourth-order valence-electron chi connectivity index (χ4n) is 2.38. The van der Waals surface area contributed by atoms with Gasteiger partial charge in [0.05, 0.1) is 23.0 Å².